The van der Waals surface area contributed by atoms with Gasteiger partial charge < -0.3 is 15.6 Å². The van der Waals surface area contributed by atoms with Crippen LogP contribution in [-0.2, 0) is 16.1 Å². The lowest BCUT2D eigenvalue weighted by molar-refractivity contribution is -0.123. The monoisotopic (exact) mass is 485 g/mol. The van der Waals surface area contributed by atoms with Crippen molar-refractivity contribution in [3.63, 3.8) is 0 Å². The second kappa shape index (κ2) is 8.74. The number of rotatable bonds is 6. The van der Waals surface area contributed by atoms with Gasteiger partial charge in [-0.25, -0.2) is 0 Å². The molecule has 1 aliphatic heterocycles. The Balaban J connectivity index is 1.80. The third kappa shape index (κ3) is 3.63. The summed E-state index contributed by atoms with van der Waals surface area (Å²) >= 11 is 6.53. The van der Waals surface area contributed by atoms with E-state index < -0.39 is 11.8 Å². The fraction of sp³-hybridized carbons (Fsp3) is 0.120. The van der Waals surface area contributed by atoms with Crippen LogP contribution in [0.2, 0.25) is 0 Å². The molecule has 0 bridgehead atoms. The summed E-state index contributed by atoms with van der Waals surface area (Å²) in [6.45, 7) is 1.21. The van der Waals surface area contributed by atoms with Crippen LogP contribution < -0.4 is 16.4 Å². The van der Waals surface area contributed by atoms with Gasteiger partial charge in [-0.1, -0.05) is 36.4 Å². The Morgan fingerprint density at radius 1 is 1.15 bits per heavy atom. The largest absolute Gasteiger partial charge is 0.376 e. The standard InChI is InChI=1S/C25H19N5O2S2/c26-13-16-21(24(32)29-23(16)31)20-15-7-2-3-8-17(15)30(11-5-10-28-25(27)33)22(20)19-12-14-6-1-4-9-18(14)34-19/h1-4,6-9,12H,5,10-11H2,(H3,27,28,33)(H,29,31,32). The Labute approximate surface area is 204 Å². The minimum absolute atomic E-state index is 0.121. The number of aromatic nitrogens is 1. The smallest absolute Gasteiger partial charge is 0.269 e. The predicted octanol–water partition coefficient (Wildman–Crippen LogP) is 3.68. The van der Waals surface area contributed by atoms with Crippen LogP contribution in [0.3, 0.4) is 0 Å². The molecule has 0 radical (unpaired) electrons. The highest BCUT2D eigenvalue weighted by Crippen LogP contribution is 2.44. The Bertz CT molecular complexity index is 1540. The number of aryl methyl sites for hydroxylation is 1. The molecule has 9 heteroatoms. The van der Waals surface area contributed by atoms with E-state index in [2.05, 4.69) is 21.3 Å². The second-order valence-electron chi connectivity index (χ2n) is 7.83. The molecule has 1 aliphatic rings. The zero-order valence-electron chi connectivity index (χ0n) is 17.9. The number of thiocarbonyl (C=S) groups is 1. The number of thiophene rings is 1. The van der Waals surface area contributed by atoms with Gasteiger partial charge in [0.2, 0.25) is 0 Å². The van der Waals surface area contributed by atoms with E-state index >= 15 is 0 Å². The quantitative estimate of drug-likeness (QED) is 0.218. The first-order chi connectivity index (χ1) is 16.5. The van der Waals surface area contributed by atoms with Crippen LogP contribution in [0, 0.1) is 11.3 Å². The first kappa shape index (κ1) is 21.8. The number of nitrogens with one attached hydrogen (secondary N) is 2. The zero-order chi connectivity index (χ0) is 23.8. The third-order valence-electron chi connectivity index (χ3n) is 5.78. The highest BCUT2D eigenvalue weighted by Gasteiger charge is 2.36. The maximum atomic E-state index is 12.9. The van der Waals surface area contributed by atoms with Gasteiger partial charge in [0, 0.05) is 34.3 Å². The molecule has 0 atom stereocenters. The van der Waals surface area contributed by atoms with Crippen LogP contribution in [0.1, 0.15) is 12.0 Å². The molecule has 0 saturated carbocycles. The predicted molar refractivity (Wildman–Crippen MR) is 138 cm³/mol. The van der Waals surface area contributed by atoms with Crippen molar-refractivity contribution in [1.29, 1.82) is 5.26 Å². The zero-order valence-corrected chi connectivity index (χ0v) is 19.6. The first-order valence-corrected chi connectivity index (χ1v) is 11.9. The fourth-order valence-electron chi connectivity index (χ4n) is 4.39. The molecule has 4 N–H and O–H groups in total. The number of nitriles is 1. The first-order valence-electron chi connectivity index (χ1n) is 10.6. The maximum Gasteiger partial charge on any atom is 0.269 e. The van der Waals surface area contributed by atoms with Gasteiger partial charge >= 0.3 is 0 Å². The molecular formula is C25H19N5O2S2. The van der Waals surface area contributed by atoms with Crippen molar-refractivity contribution < 1.29 is 9.59 Å². The van der Waals surface area contributed by atoms with Crippen LogP contribution >= 0.6 is 23.6 Å². The molecule has 2 amide bonds. The third-order valence-corrected chi connectivity index (χ3v) is 7.05. The van der Waals surface area contributed by atoms with Gasteiger partial charge in [-0.15, -0.1) is 11.3 Å². The summed E-state index contributed by atoms with van der Waals surface area (Å²) in [7, 11) is 0. The van der Waals surface area contributed by atoms with E-state index in [1.807, 2.05) is 54.6 Å². The summed E-state index contributed by atoms with van der Waals surface area (Å²) in [5.41, 5.74) is 7.86. The fourth-order valence-corrected chi connectivity index (χ4v) is 5.62. The average molecular weight is 486 g/mol. The van der Waals surface area contributed by atoms with E-state index in [0.717, 1.165) is 38.0 Å². The summed E-state index contributed by atoms with van der Waals surface area (Å²) in [5, 5.41) is 17.1. The maximum absolute atomic E-state index is 12.9. The number of carbonyl (C=O) groups excluding carboxylic acids is 2. The van der Waals surface area contributed by atoms with E-state index in [0.29, 0.717) is 18.7 Å². The average Bonchev–Trinajstić information content (AvgIpc) is 3.47. The van der Waals surface area contributed by atoms with Crippen LogP contribution in [0.4, 0.5) is 0 Å². The number of hydrogen-bond acceptors (Lipinski definition) is 5. The van der Waals surface area contributed by atoms with Gasteiger partial charge in [0.15, 0.2) is 5.11 Å². The molecule has 2 aromatic heterocycles. The number of imide groups is 1. The molecule has 4 aromatic rings. The molecule has 0 aliphatic carbocycles. The van der Waals surface area contributed by atoms with Gasteiger partial charge in [0.25, 0.3) is 11.8 Å². The number of fused-ring (bicyclic) bond motifs is 2. The van der Waals surface area contributed by atoms with Crippen molar-refractivity contribution in [3.8, 4) is 16.6 Å². The Hall–Kier alpha value is -4.00. The van der Waals surface area contributed by atoms with Crippen molar-refractivity contribution in [2.75, 3.05) is 6.54 Å². The number of nitrogens with zero attached hydrogens (tertiary/aromatic N) is 2. The minimum atomic E-state index is -0.665. The highest BCUT2D eigenvalue weighted by molar-refractivity contribution is 7.80. The van der Waals surface area contributed by atoms with Crippen molar-refractivity contribution in [2.45, 2.75) is 13.0 Å². The number of benzene rings is 2. The number of carbonyl (C=O) groups is 2. The SMILES string of the molecule is N#CC1=C(c2c(-c3cc4ccccc4s3)n(CCCNC(N)=S)c3ccccc23)C(=O)NC1=O. The number of nitrogens with two attached hydrogens (primary N) is 1. The lowest BCUT2D eigenvalue weighted by Crippen LogP contribution is -2.30. The molecule has 168 valence electrons. The molecule has 7 nitrogen and oxygen atoms in total. The van der Waals surface area contributed by atoms with Crippen LogP contribution in [0.5, 0.6) is 0 Å². The van der Waals surface area contributed by atoms with Crippen LogP contribution in [-0.4, -0.2) is 28.0 Å². The normalized spacial score (nSPS) is 13.5. The topological polar surface area (TPSA) is 113 Å². The minimum Gasteiger partial charge on any atom is -0.376 e. The van der Waals surface area contributed by atoms with E-state index in [1.54, 1.807) is 11.3 Å². The number of amides is 2. The van der Waals surface area contributed by atoms with Gasteiger partial charge in [-0.2, -0.15) is 5.26 Å². The van der Waals surface area contributed by atoms with Crippen LogP contribution in [0.25, 0.3) is 37.1 Å². The van der Waals surface area contributed by atoms with E-state index in [4.69, 9.17) is 18.0 Å². The molecule has 34 heavy (non-hydrogen) atoms. The van der Waals surface area contributed by atoms with Crippen molar-refractivity contribution >= 4 is 67.0 Å². The summed E-state index contributed by atoms with van der Waals surface area (Å²) in [6.07, 6.45) is 0.725. The molecule has 3 heterocycles. The van der Waals surface area contributed by atoms with E-state index in [-0.39, 0.29) is 16.3 Å². The number of para-hydroxylation sites is 1. The molecule has 0 unspecified atom stereocenters. The lowest BCUT2D eigenvalue weighted by atomic mass is 9.98. The van der Waals surface area contributed by atoms with E-state index in [9.17, 15) is 14.9 Å². The van der Waals surface area contributed by atoms with Gasteiger partial charge in [0.05, 0.1) is 16.1 Å². The summed E-state index contributed by atoms with van der Waals surface area (Å²) in [4.78, 5) is 26.2. The number of hydrogen-bond donors (Lipinski definition) is 3. The Kier molecular flexibility index (Phi) is 5.61. The molecule has 0 fully saturated rings. The van der Waals surface area contributed by atoms with Crippen molar-refractivity contribution in [3.05, 3.63) is 65.7 Å². The molecular weight excluding hydrogens is 466 g/mol. The summed E-state index contributed by atoms with van der Waals surface area (Å²) in [6, 6.07) is 19.8. The van der Waals surface area contributed by atoms with Gasteiger partial charge in [-0.3, -0.25) is 14.9 Å². The van der Waals surface area contributed by atoms with Gasteiger partial charge in [0.1, 0.15) is 11.6 Å². The molecule has 2 aromatic carbocycles. The molecule has 5 rings (SSSR count). The molecule has 0 spiro atoms. The van der Waals surface area contributed by atoms with Crippen molar-refractivity contribution in [1.82, 2.24) is 15.2 Å². The Morgan fingerprint density at radius 3 is 2.68 bits per heavy atom. The van der Waals surface area contributed by atoms with E-state index in [1.165, 1.54) is 0 Å². The van der Waals surface area contributed by atoms with Gasteiger partial charge in [-0.05, 0) is 42.2 Å². The lowest BCUT2D eigenvalue weighted by Gasteiger charge is -2.12. The summed E-state index contributed by atoms with van der Waals surface area (Å²) < 4.78 is 3.26. The second-order valence-corrected chi connectivity index (χ2v) is 9.35. The highest BCUT2D eigenvalue weighted by atomic mass is 32.1. The van der Waals surface area contributed by atoms with Crippen molar-refractivity contribution in [2.24, 2.45) is 5.73 Å². The molecule has 0 saturated heterocycles. The summed E-state index contributed by atoms with van der Waals surface area (Å²) in [5.74, 6) is -1.22. The Morgan fingerprint density at radius 2 is 1.91 bits per heavy atom. The van der Waals surface area contributed by atoms with Crippen LogP contribution in [0.15, 0.2) is 60.2 Å².